The third-order valence-electron chi connectivity index (χ3n) is 2.70. The molecule has 0 unspecified atom stereocenters. The first-order valence-electron chi connectivity index (χ1n) is 5.20. The molecule has 0 heterocycles. The Morgan fingerprint density at radius 1 is 1.33 bits per heavy atom. The third kappa shape index (κ3) is 3.11. The summed E-state index contributed by atoms with van der Waals surface area (Å²) < 4.78 is 0. The second kappa shape index (κ2) is 5.55. The van der Waals surface area contributed by atoms with Gasteiger partial charge in [0.2, 0.25) is 0 Å². The largest absolute Gasteiger partial charge is 0.395 e. The molecule has 0 bridgehead atoms. The van der Waals surface area contributed by atoms with E-state index >= 15 is 0 Å². The number of nitrogens with zero attached hydrogens (tertiary/aromatic N) is 1. The van der Waals surface area contributed by atoms with Gasteiger partial charge in [-0.05, 0) is 31.7 Å². The Morgan fingerprint density at radius 2 is 2.08 bits per heavy atom. The highest BCUT2D eigenvalue weighted by Gasteiger charge is 2.19. The van der Waals surface area contributed by atoms with E-state index < -0.39 is 0 Å². The van der Waals surface area contributed by atoms with Crippen molar-refractivity contribution in [2.24, 2.45) is 5.92 Å². The molecule has 0 aromatic rings. The van der Waals surface area contributed by atoms with Crippen LogP contribution in [0.15, 0.2) is 0 Å². The lowest BCUT2D eigenvalue weighted by molar-refractivity contribution is 0.146. The van der Waals surface area contributed by atoms with E-state index in [2.05, 4.69) is 11.8 Å². The van der Waals surface area contributed by atoms with Gasteiger partial charge in [0.25, 0.3) is 0 Å². The molecule has 1 aliphatic carbocycles. The lowest BCUT2D eigenvalue weighted by Crippen LogP contribution is -2.35. The van der Waals surface area contributed by atoms with Crippen molar-refractivity contribution in [2.45, 2.75) is 32.6 Å². The van der Waals surface area contributed by atoms with Gasteiger partial charge in [-0.25, -0.2) is 0 Å². The monoisotopic (exact) mass is 171 g/mol. The third-order valence-corrected chi connectivity index (χ3v) is 2.70. The molecular weight excluding hydrogens is 150 g/mol. The first kappa shape index (κ1) is 10.0. The normalized spacial score (nSPS) is 18.2. The topological polar surface area (TPSA) is 23.5 Å². The van der Waals surface area contributed by atoms with Crippen LogP contribution in [0.1, 0.15) is 32.6 Å². The molecule has 0 spiro atoms. The number of aliphatic hydroxyl groups excluding tert-OH is 1. The maximum Gasteiger partial charge on any atom is 0.0558 e. The molecule has 0 aromatic carbocycles. The molecule has 0 aromatic heterocycles. The Morgan fingerprint density at radius 3 is 2.50 bits per heavy atom. The van der Waals surface area contributed by atoms with Crippen LogP contribution in [-0.2, 0) is 0 Å². The molecule has 72 valence electrons. The van der Waals surface area contributed by atoms with Crippen LogP contribution >= 0.6 is 0 Å². The fourth-order valence-corrected chi connectivity index (χ4v) is 1.79. The first-order valence-corrected chi connectivity index (χ1v) is 5.20. The summed E-state index contributed by atoms with van der Waals surface area (Å²) in [6.07, 6.45) is 5.44. The van der Waals surface area contributed by atoms with Gasteiger partial charge >= 0.3 is 0 Å². The lowest BCUT2D eigenvalue weighted by atomic mass is 9.85. The van der Waals surface area contributed by atoms with E-state index in [9.17, 15) is 0 Å². The molecule has 0 saturated heterocycles. The van der Waals surface area contributed by atoms with Gasteiger partial charge < -0.3 is 10.0 Å². The molecule has 1 fully saturated rings. The maximum atomic E-state index is 8.83. The second-order valence-corrected chi connectivity index (χ2v) is 3.82. The Hall–Kier alpha value is -0.0800. The summed E-state index contributed by atoms with van der Waals surface area (Å²) in [5, 5.41) is 8.83. The zero-order chi connectivity index (χ0) is 8.81. The van der Waals surface area contributed by atoms with E-state index in [0.29, 0.717) is 6.61 Å². The van der Waals surface area contributed by atoms with Crippen LogP contribution in [0.3, 0.4) is 0 Å². The quantitative estimate of drug-likeness (QED) is 0.654. The smallest absolute Gasteiger partial charge is 0.0558 e. The van der Waals surface area contributed by atoms with Gasteiger partial charge in [0, 0.05) is 13.1 Å². The Bertz CT molecular complexity index is 106. The van der Waals surface area contributed by atoms with Crippen molar-refractivity contribution in [1.29, 1.82) is 0 Å². The summed E-state index contributed by atoms with van der Waals surface area (Å²) in [5.74, 6) is 0.933. The van der Waals surface area contributed by atoms with Crippen molar-refractivity contribution in [1.82, 2.24) is 4.90 Å². The van der Waals surface area contributed by atoms with Crippen molar-refractivity contribution in [3.63, 3.8) is 0 Å². The summed E-state index contributed by atoms with van der Waals surface area (Å²) in [6, 6.07) is 0. The Kier molecular flexibility index (Phi) is 4.62. The van der Waals surface area contributed by atoms with Gasteiger partial charge in [-0.3, -0.25) is 0 Å². The van der Waals surface area contributed by atoms with Crippen LogP contribution in [0, 0.1) is 5.92 Å². The number of aliphatic hydroxyl groups is 1. The standard InChI is InChI=1S/C10H21NO/c1-2-6-11(7-8-12)9-10-4-3-5-10/h10,12H,2-9H2,1H3. The second-order valence-electron chi connectivity index (χ2n) is 3.82. The zero-order valence-electron chi connectivity index (χ0n) is 8.13. The summed E-state index contributed by atoms with van der Waals surface area (Å²) >= 11 is 0. The van der Waals surface area contributed by atoms with Crippen molar-refractivity contribution in [3.05, 3.63) is 0 Å². The van der Waals surface area contributed by atoms with E-state index in [0.717, 1.165) is 19.0 Å². The SMILES string of the molecule is CCCN(CCO)CC1CCC1. The van der Waals surface area contributed by atoms with Gasteiger partial charge in [0.15, 0.2) is 0 Å². The first-order chi connectivity index (χ1) is 5.86. The Labute approximate surface area is 75.6 Å². The van der Waals surface area contributed by atoms with Gasteiger partial charge in [-0.1, -0.05) is 13.3 Å². The van der Waals surface area contributed by atoms with E-state index in [-0.39, 0.29) is 0 Å². The van der Waals surface area contributed by atoms with Crippen LogP contribution < -0.4 is 0 Å². The fraction of sp³-hybridized carbons (Fsp3) is 1.00. The van der Waals surface area contributed by atoms with Gasteiger partial charge in [0.1, 0.15) is 0 Å². The molecular formula is C10H21NO. The van der Waals surface area contributed by atoms with Crippen LogP contribution in [-0.4, -0.2) is 36.2 Å². The average Bonchev–Trinajstić information content (AvgIpc) is 1.97. The predicted molar refractivity (Wildman–Crippen MR) is 51.2 cm³/mol. The molecule has 2 nitrogen and oxygen atoms in total. The highest BCUT2D eigenvalue weighted by molar-refractivity contribution is 4.73. The van der Waals surface area contributed by atoms with Gasteiger partial charge in [0.05, 0.1) is 6.61 Å². The number of hydrogen-bond donors (Lipinski definition) is 1. The van der Waals surface area contributed by atoms with E-state index in [1.165, 1.54) is 32.2 Å². The van der Waals surface area contributed by atoms with Gasteiger partial charge in [-0.2, -0.15) is 0 Å². The molecule has 0 atom stereocenters. The van der Waals surface area contributed by atoms with Crippen molar-refractivity contribution in [3.8, 4) is 0 Å². The molecule has 0 aliphatic heterocycles. The minimum atomic E-state index is 0.312. The molecule has 1 saturated carbocycles. The minimum Gasteiger partial charge on any atom is -0.395 e. The number of rotatable bonds is 6. The van der Waals surface area contributed by atoms with Crippen LogP contribution in [0.25, 0.3) is 0 Å². The minimum absolute atomic E-state index is 0.312. The molecule has 12 heavy (non-hydrogen) atoms. The Balaban J connectivity index is 2.11. The summed E-state index contributed by atoms with van der Waals surface area (Å²) in [5.41, 5.74) is 0. The summed E-state index contributed by atoms with van der Waals surface area (Å²) in [4.78, 5) is 2.39. The summed E-state index contributed by atoms with van der Waals surface area (Å²) in [7, 11) is 0. The highest BCUT2D eigenvalue weighted by atomic mass is 16.3. The van der Waals surface area contributed by atoms with Crippen LogP contribution in [0.5, 0.6) is 0 Å². The maximum absolute atomic E-state index is 8.83. The molecule has 1 rings (SSSR count). The van der Waals surface area contributed by atoms with Gasteiger partial charge in [-0.15, -0.1) is 0 Å². The molecule has 0 amide bonds. The molecule has 1 N–H and O–H groups in total. The fourth-order valence-electron chi connectivity index (χ4n) is 1.79. The van der Waals surface area contributed by atoms with E-state index in [1.54, 1.807) is 0 Å². The van der Waals surface area contributed by atoms with E-state index in [4.69, 9.17) is 5.11 Å². The number of hydrogen-bond acceptors (Lipinski definition) is 2. The highest BCUT2D eigenvalue weighted by Crippen LogP contribution is 2.26. The summed E-state index contributed by atoms with van der Waals surface area (Å²) in [6.45, 7) is 5.74. The molecule has 0 radical (unpaired) electrons. The zero-order valence-corrected chi connectivity index (χ0v) is 8.13. The molecule has 2 heteroatoms. The predicted octanol–water partition coefficient (Wildman–Crippen LogP) is 1.49. The van der Waals surface area contributed by atoms with Crippen molar-refractivity contribution >= 4 is 0 Å². The van der Waals surface area contributed by atoms with Crippen LogP contribution in [0.2, 0.25) is 0 Å². The van der Waals surface area contributed by atoms with E-state index in [1.807, 2.05) is 0 Å². The van der Waals surface area contributed by atoms with Crippen molar-refractivity contribution in [2.75, 3.05) is 26.2 Å². The van der Waals surface area contributed by atoms with Crippen LogP contribution in [0.4, 0.5) is 0 Å². The lowest BCUT2D eigenvalue weighted by Gasteiger charge is -2.31. The average molecular weight is 171 g/mol. The molecule has 1 aliphatic rings. The van der Waals surface area contributed by atoms with Crippen molar-refractivity contribution < 1.29 is 5.11 Å².